The highest BCUT2D eigenvalue weighted by molar-refractivity contribution is 7.12. The number of anilines is 1. The number of hydrogen-bond acceptors (Lipinski definition) is 5. The summed E-state index contributed by atoms with van der Waals surface area (Å²) in [6.07, 6.45) is 0. The average Bonchev–Trinajstić information content (AvgIpc) is 2.76. The van der Waals surface area contributed by atoms with E-state index in [0.717, 1.165) is 13.1 Å². The summed E-state index contributed by atoms with van der Waals surface area (Å²) < 4.78 is 0. The maximum Gasteiger partial charge on any atom is 0.266 e. The number of aliphatic hydroxyl groups excluding tert-OH is 1. The summed E-state index contributed by atoms with van der Waals surface area (Å²) in [5.74, 6) is 0.0288. The van der Waals surface area contributed by atoms with Gasteiger partial charge in [0.25, 0.3) is 5.91 Å². The van der Waals surface area contributed by atoms with Crippen LogP contribution in [0.1, 0.15) is 9.67 Å². The molecule has 1 aromatic rings. The summed E-state index contributed by atoms with van der Waals surface area (Å²) >= 11 is 1.39. The summed E-state index contributed by atoms with van der Waals surface area (Å²) in [6.45, 7) is 3.90. The van der Waals surface area contributed by atoms with Crippen LogP contribution >= 0.6 is 11.3 Å². The SMILES string of the molecule is Nc1ccsc1C(=O)N1CCN(CCO)CC1. The number of aliphatic hydroxyl groups is 1. The quantitative estimate of drug-likeness (QED) is 0.802. The maximum atomic E-state index is 12.1. The van der Waals surface area contributed by atoms with Gasteiger partial charge in [0.15, 0.2) is 0 Å². The number of nitrogen functional groups attached to an aromatic ring is 1. The second-order valence-corrected chi connectivity index (χ2v) is 4.98. The molecule has 2 rings (SSSR count). The molecular weight excluding hydrogens is 238 g/mol. The molecule has 3 N–H and O–H groups in total. The van der Waals surface area contributed by atoms with Crippen LogP contribution in [0.2, 0.25) is 0 Å². The van der Waals surface area contributed by atoms with Gasteiger partial charge in [0, 0.05) is 32.7 Å². The lowest BCUT2D eigenvalue weighted by molar-refractivity contribution is 0.0620. The third kappa shape index (κ3) is 2.77. The van der Waals surface area contributed by atoms with Gasteiger partial charge in [-0.2, -0.15) is 0 Å². The van der Waals surface area contributed by atoms with Crippen molar-refractivity contribution in [2.75, 3.05) is 45.1 Å². The van der Waals surface area contributed by atoms with Crippen LogP contribution in [-0.4, -0.2) is 60.1 Å². The molecule has 5 nitrogen and oxygen atoms in total. The van der Waals surface area contributed by atoms with Crippen molar-refractivity contribution in [1.29, 1.82) is 0 Å². The Balaban J connectivity index is 1.93. The number of β-amino-alcohol motifs (C(OH)–C–C–N with tert-alkyl or cyclic N) is 1. The minimum atomic E-state index is 0.0288. The zero-order chi connectivity index (χ0) is 12.3. The van der Waals surface area contributed by atoms with Crippen LogP contribution in [0.15, 0.2) is 11.4 Å². The molecule has 1 amide bonds. The molecule has 17 heavy (non-hydrogen) atoms. The molecule has 2 heterocycles. The van der Waals surface area contributed by atoms with Gasteiger partial charge in [-0.25, -0.2) is 0 Å². The van der Waals surface area contributed by atoms with Gasteiger partial charge in [-0.15, -0.1) is 11.3 Å². The van der Waals surface area contributed by atoms with E-state index in [1.54, 1.807) is 6.07 Å². The molecule has 1 aliphatic rings. The van der Waals surface area contributed by atoms with E-state index in [-0.39, 0.29) is 12.5 Å². The molecule has 1 saturated heterocycles. The molecule has 0 unspecified atom stereocenters. The van der Waals surface area contributed by atoms with Crippen LogP contribution in [0.25, 0.3) is 0 Å². The molecule has 0 atom stereocenters. The Morgan fingerprint density at radius 2 is 2.12 bits per heavy atom. The highest BCUT2D eigenvalue weighted by Gasteiger charge is 2.23. The first-order valence-electron chi connectivity index (χ1n) is 5.68. The van der Waals surface area contributed by atoms with E-state index in [2.05, 4.69) is 4.90 Å². The van der Waals surface area contributed by atoms with Crippen molar-refractivity contribution in [2.45, 2.75) is 0 Å². The predicted octanol–water partition coefficient (Wildman–Crippen LogP) is 0.0804. The topological polar surface area (TPSA) is 69.8 Å². The molecule has 1 fully saturated rings. The first-order valence-corrected chi connectivity index (χ1v) is 6.56. The third-order valence-corrected chi connectivity index (χ3v) is 3.88. The fourth-order valence-corrected chi connectivity index (χ4v) is 2.74. The minimum Gasteiger partial charge on any atom is -0.397 e. The minimum absolute atomic E-state index is 0.0288. The van der Waals surface area contributed by atoms with E-state index >= 15 is 0 Å². The molecule has 0 spiro atoms. The van der Waals surface area contributed by atoms with E-state index in [0.29, 0.717) is 30.2 Å². The Morgan fingerprint density at radius 3 is 2.65 bits per heavy atom. The largest absolute Gasteiger partial charge is 0.397 e. The smallest absolute Gasteiger partial charge is 0.266 e. The second-order valence-electron chi connectivity index (χ2n) is 4.06. The number of thiophene rings is 1. The van der Waals surface area contributed by atoms with Gasteiger partial charge in [-0.05, 0) is 11.4 Å². The van der Waals surface area contributed by atoms with Crippen LogP contribution < -0.4 is 5.73 Å². The van der Waals surface area contributed by atoms with Crippen molar-refractivity contribution in [3.05, 3.63) is 16.3 Å². The standard InChI is InChI=1S/C11H17N3O2S/c12-9-1-8-17-10(9)11(16)14-4-2-13(3-5-14)6-7-15/h1,8,15H,2-7,12H2. The van der Waals surface area contributed by atoms with E-state index in [1.165, 1.54) is 11.3 Å². The Morgan fingerprint density at radius 1 is 1.41 bits per heavy atom. The van der Waals surface area contributed by atoms with Gasteiger partial charge < -0.3 is 15.7 Å². The first-order chi connectivity index (χ1) is 8.22. The lowest BCUT2D eigenvalue weighted by Gasteiger charge is -2.34. The molecule has 6 heteroatoms. The Labute approximate surface area is 104 Å². The Bertz CT molecular complexity index is 386. The van der Waals surface area contributed by atoms with Gasteiger partial charge in [0.2, 0.25) is 0 Å². The normalized spacial score (nSPS) is 17.4. The molecule has 1 aromatic heterocycles. The zero-order valence-electron chi connectivity index (χ0n) is 9.63. The van der Waals surface area contributed by atoms with Crippen molar-refractivity contribution in [1.82, 2.24) is 9.80 Å². The van der Waals surface area contributed by atoms with Crippen molar-refractivity contribution in [3.8, 4) is 0 Å². The Hall–Kier alpha value is -1.11. The number of hydrogen-bond donors (Lipinski definition) is 2. The van der Waals surface area contributed by atoms with Gasteiger partial charge in [-0.3, -0.25) is 9.69 Å². The van der Waals surface area contributed by atoms with E-state index in [4.69, 9.17) is 10.8 Å². The van der Waals surface area contributed by atoms with Crippen LogP contribution in [0.4, 0.5) is 5.69 Å². The number of carbonyl (C=O) groups is 1. The highest BCUT2D eigenvalue weighted by atomic mass is 32.1. The maximum absolute atomic E-state index is 12.1. The van der Waals surface area contributed by atoms with Crippen molar-refractivity contribution in [2.24, 2.45) is 0 Å². The number of amides is 1. The van der Waals surface area contributed by atoms with Crippen LogP contribution in [-0.2, 0) is 0 Å². The molecule has 94 valence electrons. The number of carbonyl (C=O) groups excluding carboxylic acids is 1. The van der Waals surface area contributed by atoms with Crippen molar-refractivity contribution < 1.29 is 9.90 Å². The van der Waals surface area contributed by atoms with Gasteiger partial charge in [-0.1, -0.05) is 0 Å². The number of rotatable bonds is 3. The lowest BCUT2D eigenvalue weighted by atomic mass is 10.3. The van der Waals surface area contributed by atoms with Crippen LogP contribution in [0.5, 0.6) is 0 Å². The van der Waals surface area contributed by atoms with Gasteiger partial charge in [0.1, 0.15) is 4.88 Å². The predicted molar refractivity (Wildman–Crippen MR) is 68.2 cm³/mol. The molecular formula is C11H17N3O2S. The van der Waals surface area contributed by atoms with Crippen molar-refractivity contribution >= 4 is 22.9 Å². The fraction of sp³-hybridized carbons (Fsp3) is 0.545. The van der Waals surface area contributed by atoms with E-state index < -0.39 is 0 Å². The van der Waals surface area contributed by atoms with Gasteiger partial charge >= 0.3 is 0 Å². The number of nitrogens with two attached hydrogens (primary N) is 1. The van der Waals surface area contributed by atoms with E-state index in [1.807, 2.05) is 10.3 Å². The zero-order valence-corrected chi connectivity index (χ0v) is 10.4. The lowest BCUT2D eigenvalue weighted by Crippen LogP contribution is -2.49. The first kappa shape index (κ1) is 12.3. The fourth-order valence-electron chi connectivity index (χ4n) is 1.95. The Kier molecular flexibility index (Phi) is 3.98. The summed E-state index contributed by atoms with van der Waals surface area (Å²) in [4.78, 5) is 16.8. The number of piperazine rings is 1. The van der Waals surface area contributed by atoms with E-state index in [9.17, 15) is 4.79 Å². The van der Waals surface area contributed by atoms with Crippen molar-refractivity contribution in [3.63, 3.8) is 0 Å². The second kappa shape index (κ2) is 5.48. The molecule has 0 bridgehead atoms. The van der Waals surface area contributed by atoms with Crippen LogP contribution in [0, 0.1) is 0 Å². The molecule has 0 aromatic carbocycles. The molecule has 0 saturated carbocycles. The summed E-state index contributed by atoms with van der Waals surface area (Å²) in [6, 6.07) is 1.76. The molecule has 0 aliphatic carbocycles. The summed E-state index contributed by atoms with van der Waals surface area (Å²) in [7, 11) is 0. The number of nitrogens with zero attached hydrogens (tertiary/aromatic N) is 2. The summed E-state index contributed by atoms with van der Waals surface area (Å²) in [5, 5.41) is 10.7. The molecule has 0 radical (unpaired) electrons. The summed E-state index contributed by atoms with van der Waals surface area (Å²) in [5.41, 5.74) is 6.31. The van der Waals surface area contributed by atoms with Crippen LogP contribution in [0.3, 0.4) is 0 Å². The third-order valence-electron chi connectivity index (χ3n) is 2.97. The highest BCUT2D eigenvalue weighted by Crippen LogP contribution is 2.21. The monoisotopic (exact) mass is 255 g/mol. The average molecular weight is 255 g/mol. The van der Waals surface area contributed by atoms with Gasteiger partial charge in [0.05, 0.1) is 12.3 Å². The molecule has 1 aliphatic heterocycles.